The quantitative estimate of drug-likeness (QED) is 0.567. The molecule has 0 saturated carbocycles. The Balaban J connectivity index is 2.31. The fourth-order valence-corrected chi connectivity index (χ4v) is 0.757. The van der Waals surface area contributed by atoms with Crippen molar-refractivity contribution in [3.05, 3.63) is 18.4 Å². The van der Waals surface area contributed by atoms with Crippen LogP contribution in [0.25, 0.3) is 0 Å². The molecule has 0 aliphatic carbocycles. The second-order valence-electron chi connectivity index (χ2n) is 1.97. The van der Waals surface area contributed by atoms with Gasteiger partial charge in [-0.05, 0) is 0 Å². The summed E-state index contributed by atoms with van der Waals surface area (Å²) in [5.41, 5.74) is 0.454. The van der Waals surface area contributed by atoms with Gasteiger partial charge in [0.2, 0.25) is 5.90 Å². The monoisotopic (exact) mass is 152 g/mol. The molecule has 1 aliphatic rings. The second-order valence-corrected chi connectivity index (χ2v) is 1.97. The summed E-state index contributed by atoms with van der Waals surface area (Å²) in [5, 5.41) is 0. The maximum absolute atomic E-state index is 10.6. The molecule has 11 heavy (non-hydrogen) atoms. The Bertz CT molecular complexity index is 302. The van der Waals surface area contributed by atoms with Crippen molar-refractivity contribution in [2.45, 2.75) is 0 Å². The third-order valence-electron chi connectivity index (χ3n) is 1.21. The van der Waals surface area contributed by atoms with E-state index >= 15 is 0 Å². The molecule has 5 heteroatoms. The average Bonchev–Trinajstić information content (AvgIpc) is 2.55. The average molecular weight is 152 g/mol. The highest BCUT2D eigenvalue weighted by atomic mass is 16.5. The van der Waals surface area contributed by atoms with E-state index < -0.39 is 0 Å². The number of carbonyl (C=O) groups excluding carboxylic acids is 1. The van der Waals surface area contributed by atoms with Crippen molar-refractivity contribution in [1.29, 1.82) is 0 Å². The smallest absolute Gasteiger partial charge is 0.286 e. The fourth-order valence-electron chi connectivity index (χ4n) is 0.757. The highest BCUT2D eigenvalue weighted by Crippen LogP contribution is 2.04. The van der Waals surface area contributed by atoms with E-state index in [1.807, 2.05) is 0 Å². The normalized spacial score (nSPS) is 16.4. The highest BCUT2D eigenvalue weighted by molar-refractivity contribution is 6.04. The predicted octanol–water partition coefficient (Wildman–Crippen LogP) is -0.0220. The van der Waals surface area contributed by atoms with Crippen LogP contribution < -0.4 is 0 Å². The molecule has 56 valence electrons. The maximum Gasteiger partial charge on any atom is 0.286 e. The van der Waals surface area contributed by atoms with Gasteiger partial charge in [0.1, 0.15) is 6.26 Å². The fraction of sp³-hybridized carbons (Fsp3) is 0.167. The second kappa shape index (κ2) is 2.19. The summed E-state index contributed by atoms with van der Waals surface area (Å²) in [5.74, 6) is -0.0493. The van der Waals surface area contributed by atoms with E-state index in [9.17, 15) is 4.79 Å². The molecule has 0 aromatic carbocycles. The molecular formula is C6H4N2O3. The number of carbonyl (C=O) groups is 1. The van der Waals surface area contributed by atoms with Gasteiger partial charge in [-0.3, -0.25) is 4.79 Å². The first-order valence-corrected chi connectivity index (χ1v) is 2.99. The van der Waals surface area contributed by atoms with Gasteiger partial charge < -0.3 is 9.15 Å². The van der Waals surface area contributed by atoms with Gasteiger partial charge in [0.25, 0.3) is 5.91 Å². The van der Waals surface area contributed by atoms with Crippen molar-refractivity contribution in [2.24, 2.45) is 4.99 Å². The van der Waals surface area contributed by atoms with Crippen LogP contribution in [0.15, 0.2) is 22.1 Å². The zero-order valence-electron chi connectivity index (χ0n) is 5.48. The molecule has 1 aliphatic heterocycles. The molecule has 0 radical (unpaired) electrons. The Morgan fingerprint density at radius 2 is 2.45 bits per heavy atom. The van der Waals surface area contributed by atoms with Crippen LogP contribution in [0.2, 0.25) is 0 Å². The van der Waals surface area contributed by atoms with Gasteiger partial charge in [-0.2, -0.15) is 4.99 Å². The summed E-state index contributed by atoms with van der Waals surface area (Å²) >= 11 is 0. The summed E-state index contributed by atoms with van der Waals surface area (Å²) in [6, 6.07) is 0. The molecule has 0 spiro atoms. The zero-order valence-corrected chi connectivity index (χ0v) is 5.48. The van der Waals surface area contributed by atoms with Crippen molar-refractivity contribution < 1.29 is 13.9 Å². The maximum atomic E-state index is 10.6. The lowest BCUT2D eigenvalue weighted by Gasteiger charge is -1.91. The number of hydrogen-bond acceptors (Lipinski definition) is 4. The highest BCUT2D eigenvalue weighted by Gasteiger charge is 2.18. The molecule has 0 bridgehead atoms. The third-order valence-corrected chi connectivity index (χ3v) is 1.21. The lowest BCUT2D eigenvalue weighted by molar-refractivity contribution is -0.118. The van der Waals surface area contributed by atoms with Crippen molar-refractivity contribution in [3.8, 4) is 0 Å². The van der Waals surface area contributed by atoms with Gasteiger partial charge in [0.05, 0.1) is 0 Å². The van der Waals surface area contributed by atoms with Crippen LogP contribution in [0.3, 0.4) is 0 Å². The van der Waals surface area contributed by atoms with Gasteiger partial charge in [0, 0.05) is 0 Å². The Labute approximate surface area is 61.7 Å². The van der Waals surface area contributed by atoms with E-state index in [4.69, 9.17) is 4.74 Å². The molecule has 1 aromatic heterocycles. The third kappa shape index (κ3) is 1.000. The Morgan fingerprint density at radius 3 is 3.00 bits per heavy atom. The molecule has 2 heterocycles. The lowest BCUT2D eigenvalue weighted by atomic mass is 10.5. The molecular weight excluding hydrogens is 148 g/mol. The molecule has 0 atom stereocenters. The summed E-state index contributed by atoms with van der Waals surface area (Å²) < 4.78 is 9.57. The summed E-state index contributed by atoms with van der Waals surface area (Å²) in [6.45, 7) is 0.00218. The zero-order chi connectivity index (χ0) is 7.68. The number of hydrogen-bond donors (Lipinski definition) is 0. The number of aliphatic imine (C=N–C) groups is 1. The van der Waals surface area contributed by atoms with Gasteiger partial charge >= 0.3 is 0 Å². The summed E-state index contributed by atoms with van der Waals surface area (Å²) in [6.07, 6.45) is 2.63. The minimum Gasteiger partial charge on any atom is -0.466 e. The van der Waals surface area contributed by atoms with Crippen LogP contribution in [0.1, 0.15) is 5.69 Å². The largest absolute Gasteiger partial charge is 0.466 e. The van der Waals surface area contributed by atoms with E-state index in [1.165, 1.54) is 12.7 Å². The molecule has 1 aromatic rings. The summed E-state index contributed by atoms with van der Waals surface area (Å²) in [7, 11) is 0. The Kier molecular flexibility index (Phi) is 1.21. The van der Waals surface area contributed by atoms with Crippen LogP contribution in [0.4, 0.5) is 0 Å². The number of aromatic nitrogens is 1. The standard InChI is InChI=1S/C6H4N2O3/c9-5-2-11-6(8-5)4-1-10-3-7-4/h1,3H,2H2. The van der Waals surface area contributed by atoms with Crippen LogP contribution in [-0.2, 0) is 9.53 Å². The number of oxazole rings is 1. The van der Waals surface area contributed by atoms with Crippen LogP contribution in [0.5, 0.6) is 0 Å². The molecule has 0 saturated heterocycles. The van der Waals surface area contributed by atoms with Gasteiger partial charge in [0.15, 0.2) is 18.7 Å². The summed E-state index contributed by atoms with van der Waals surface area (Å²) in [4.78, 5) is 17.9. The van der Waals surface area contributed by atoms with Gasteiger partial charge in [-0.25, -0.2) is 4.98 Å². The minimum atomic E-state index is -0.289. The van der Waals surface area contributed by atoms with Gasteiger partial charge in [-0.1, -0.05) is 0 Å². The Hall–Kier alpha value is -1.65. The van der Waals surface area contributed by atoms with E-state index in [1.54, 1.807) is 0 Å². The number of nitrogens with zero attached hydrogens (tertiary/aromatic N) is 2. The van der Waals surface area contributed by atoms with Crippen molar-refractivity contribution in [2.75, 3.05) is 6.61 Å². The van der Waals surface area contributed by atoms with Crippen molar-refractivity contribution >= 4 is 11.8 Å². The van der Waals surface area contributed by atoms with Gasteiger partial charge in [-0.15, -0.1) is 0 Å². The van der Waals surface area contributed by atoms with Crippen LogP contribution in [-0.4, -0.2) is 23.4 Å². The molecule has 2 rings (SSSR count). The van der Waals surface area contributed by atoms with Crippen molar-refractivity contribution in [3.63, 3.8) is 0 Å². The van der Waals surface area contributed by atoms with E-state index in [-0.39, 0.29) is 18.4 Å². The molecule has 0 N–H and O–H groups in total. The van der Waals surface area contributed by atoms with Crippen molar-refractivity contribution in [1.82, 2.24) is 4.98 Å². The SMILES string of the molecule is O=C1COC(c2cocn2)=N1. The molecule has 5 nitrogen and oxygen atoms in total. The topological polar surface area (TPSA) is 64.7 Å². The predicted molar refractivity (Wildman–Crippen MR) is 34.0 cm³/mol. The van der Waals surface area contributed by atoms with Crippen LogP contribution >= 0.6 is 0 Å². The number of ether oxygens (including phenoxy) is 1. The first-order valence-electron chi connectivity index (χ1n) is 2.99. The first-order chi connectivity index (χ1) is 5.36. The Morgan fingerprint density at radius 1 is 1.55 bits per heavy atom. The lowest BCUT2D eigenvalue weighted by Crippen LogP contribution is -2.00. The van der Waals surface area contributed by atoms with Crippen LogP contribution in [0, 0.1) is 0 Å². The van der Waals surface area contributed by atoms with E-state index in [0.717, 1.165) is 0 Å². The van der Waals surface area contributed by atoms with E-state index in [0.29, 0.717) is 5.69 Å². The van der Waals surface area contributed by atoms with E-state index in [2.05, 4.69) is 14.4 Å². The number of rotatable bonds is 1. The molecule has 1 amide bonds. The molecule has 0 unspecified atom stereocenters. The minimum absolute atomic E-state index is 0.00218. The number of amides is 1. The molecule has 0 fully saturated rings. The first kappa shape index (κ1) is 6.09.